The van der Waals surface area contributed by atoms with Crippen molar-refractivity contribution in [2.24, 2.45) is 0 Å². The van der Waals surface area contributed by atoms with Crippen LogP contribution in [0, 0.1) is 6.92 Å². The Morgan fingerprint density at radius 1 is 1.17 bits per heavy atom. The Labute approximate surface area is 111 Å². The molecule has 2 nitrogen and oxygen atoms in total. The van der Waals surface area contributed by atoms with E-state index in [1.807, 2.05) is 49.4 Å². The molecule has 18 heavy (non-hydrogen) atoms. The van der Waals surface area contributed by atoms with Crippen molar-refractivity contribution in [2.75, 3.05) is 4.90 Å². The molecule has 2 aromatic rings. The summed E-state index contributed by atoms with van der Waals surface area (Å²) >= 11 is 6.13. The van der Waals surface area contributed by atoms with Gasteiger partial charge in [0.15, 0.2) is 0 Å². The molecule has 0 spiro atoms. The summed E-state index contributed by atoms with van der Waals surface area (Å²) in [6.45, 7) is 1.95. The van der Waals surface area contributed by atoms with Crippen molar-refractivity contribution in [3.05, 3.63) is 58.6 Å². The van der Waals surface area contributed by atoms with E-state index in [0.29, 0.717) is 11.4 Å². The standard InChI is InChI=1S/C15H12ClNO/c1-10-6-7-12(9-13(10)16)17-14-5-3-2-4-11(14)8-15(17)18/h2-7,9H,8H2,1H3. The van der Waals surface area contributed by atoms with E-state index in [1.165, 1.54) is 0 Å². The second-order valence-corrected chi connectivity index (χ2v) is 4.88. The molecule has 0 radical (unpaired) electrons. The largest absolute Gasteiger partial charge is 0.280 e. The monoisotopic (exact) mass is 257 g/mol. The Hall–Kier alpha value is -1.80. The van der Waals surface area contributed by atoms with Gasteiger partial charge < -0.3 is 0 Å². The summed E-state index contributed by atoms with van der Waals surface area (Å²) in [5.74, 6) is 0.0936. The Morgan fingerprint density at radius 3 is 2.72 bits per heavy atom. The van der Waals surface area contributed by atoms with Crippen molar-refractivity contribution in [3.8, 4) is 0 Å². The lowest BCUT2D eigenvalue weighted by atomic mass is 10.1. The lowest BCUT2D eigenvalue weighted by molar-refractivity contribution is -0.116. The number of benzene rings is 2. The predicted octanol–water partition coefficient (Wildman–Crippen LogP) is 3.87. The Bertz CT molecular complexity index is 636. The Balaban J connectivity index is 2.11. The summed E-state index contributed by atoms with van der Waals surface area (Å²) < 4.78 is 0. The van der Waals surface area contributed by atoms with Crippen LogP contribution in [0.2, 0.25) is 5.02 Å². The van der Waals surface area contributed by atoms with Crippen molar-refractivity contribution in [2.45, 2.75) is 13.3 Å². The fraction of sp³-hybridized carbons (Fsp3) is 0.133. The van der Waals surface area contributed by atoms with Crippen LogP contribution in [0.3, 0.4) is 0 Å². The van der Waals surface area contributed by atoms with E-state index in [4.69, 9.17) is 11.6 Å². The molecule has 90 valence electrons. The molecule has 0 saturated heterocycles. The van der Waals surface area contributed by atoms with Crippen LogP contribution < -0.4 is 4.90 Å². The number of carbonyl (C=O) groups excluding carboxylic acids is 1. The van der Waals surface area contributed by atoms with Crippen molar-refractivity contribution in [1.29, 1.82) is 0 Å². The van der Waals surface area contributed by atoms with Gasteiger partial charge in [0.25, 0.3) is 0 Å². The van der Waals surface area contributed by atoms with Crippen molar-refractivity contribution in [1.82, 2.24) is 0 Å². The number of fused-ring (bicyclic) bond motifs is 1. The van der Waals surface area contributed by atoms with Crippen LogP contribution in [0.4, 0.5) is 11.4 Å². The van der Waals surface area contributed by atoms with Crippen LogP contribution >= 0.6 is 11.6 Å². The van der Waals surface area contributed by atoms with Crippen LogP contribution in [0.15, 0.2) is 42.5 Å². The first-order valence-electron chi connectivity index (χ1n) is 5.84. The molecule has 0 saturated carbocycles. The minimum atomic E-state index is 0.0936. The molecule has 0 N–H and O–H groups in total. The lowest BCUT2D eigenvalue weighted by Crippen LogP contribution is -2.20. The summed E-state index contributed by atoms with van der Waals surface area (Å²) in [5.41, 5.74) is 3.88. The van der Waals surface area contributed by atoms with Crippen LogP contribution in [0.1, 0.15) is 11.1 Å². The number of hydrogen-bond acceptors (Lipinski definition) is 1. The van der Waals surface area contributed by atoms with E-state index in [-0.39, 0.29) is 5.91 Å². The summed E-state index contributed by atoms with van der Waals surface area (Å²) in [6.07, 6.45) is 0.460. The minimum Gasteiger partial charge on any atom is -0.280 e. The molecule has 3 heteroatoms. The molecule has 0 atom stereocenters. The van der Waals surface area contributed by atoms with Gasteiger partial charge in [-0.15, -0.1) is 0 Å². The van der Waals surface area contributed by atoms with E-state index >= 15 is 0 Å². The molecule has 1 amide bonds. The number of carbonyl (C=O) groups is 1. The molecule has 1 aliphatic heterocycles. The number of rotatable bonds is 1. The molecule has 1 heterocycles. The Kier molecular flexibility index (Phi) is 2.60. The smallest absolute Gasteiger partial charge is 0.236 e. The van der Waals surface area contributed by atoms with Gasteiger partial charge >= 0.3 is 0 Å². The van der Waals surface area contributed by atoms with E-state index in [1.54, 1.807) is 4.90 Å². The quantitative estimate of drug-likeness (QED) is 0.759. The fourth-order valence-corrected chi connectivity index (χ4v) is 2.43. The molecule has 0 aromatic heterocycles. The number of halogens is 1. The SMILES string of the molecule is Cc1ccc(N2C(=O)Cc3ccccc32)cc1Cl. The van der Waals surface area contributed by atoms with Gasteiger partial charge in [-0.1, -0.05) is 35.9 Å². The van der Waals surface area contributed by atoms with E-state index in [9.17, 15) is 4.79 Å². The third-order valence-corrected chi connectivity index (χ3v) is 3.64. The number of hydrogen-bond donors (Lipinski definition) is 0. The number of nitrogens with zero attached hydrogens (tertiary/aromatic N) is 1. The van der Waals surface area contributed by atoms with Crippen molar-refractivity contribution in [3.63, 3.8) is 0 Å². The average molecular weight is 258 g/mol. The first-order chi connectivity index (χ1) is 8.66. The molecular formula is C15H12ClNO. The van der Waals surface area contributed by atoms with Gasteiger partial charge in [0.1, 0.15) is 0 Å². The maximum atomic E-state index is 12.1. The van der Waals surface area contributed by atoms with E-state index < -0.39 is 0 Å². The van der Waals surface area contributed by atoms with Crippen LogP contribution in [-0.4, -0.2) is 5.91 Å². The zero-order valence-corrected chi connectivity index (χ0v) is 10.7. The van der Waals surface area contributed by atoms with Gasteiger partial charge in [-0.05, 0) is 36.2 Å². The minimum absolute atomic E-state index is 0.0936. The van der Waals surface area contributed by atoms with Crippen molar-refractivity contribution < 1.29 is 4.79 Å². The molecule has 0 bridgehead atoms. The zero-order valence-electron chi connectivity index (χ0n) is 9.98. The number of para-hydroxylation sites is 1. The van der Waals surface area contributed by atoms with Gasteiger partial charge in [0.2, 0.25) is 5.91 Å². The first kappa shape index (κ1) is 11.3. The maximum absolute atomic E-state index is 12.1. The molecule has 0 fully saturated rings. The van der Waals surface area contributed by atoms with Gasteiger partial charge in [0, 0.05) is 5.02 Å². The second-order valence-electron chi connectivity index (χ2n) is 4.47. The van der Waals surface area contributed by atoms with Gasteiger partial charge in [-0.2, -0.15) is 0 Å². The molecule has 0 aliphatic carbocycles. The summed E-state index contributed by atoms with van der Waals surface area (Å²) in [7, 11) is 0. The summed E-state index contributed by atoms with van der Waals surface area (Å²) in [5, 5.41) is 0.685. The normalized spacial score (nSPS) is 13.9. The molecule has 0 unspecified atom stereocenters. The van der Waals surface area contributed by atoms with Crippen molar-refractivity contribution >= 4 is 28.9 Å². The summed E-state index contributed by atoms with van der Waals surface area (Å²) in [4.78, 5) is 13.8. The molecule has 3 rings (SSSR count). The summed E-state index contributed by atoms with van der Waals surface area (Å²) in [6, 6.07) is 13.6. The lowest BCUT2D eigenvalue weighted by Gasteiger charge is -2.18. The highest BCUT2D eigenvalue weighted by molar-refractivity contribution is 6.31. The Morgan fingerprint density at radius 2 is 1.94 bits per heavy atom. The first-order valence-corrected chi connectivity index (χ1v) is 6.21. The number of aryl methyl sites for hydroxylation is 1. The number of anilines is 2. The average Bonchev–Trinajstić information content (AvgIpc) is 2.69. The molecule has 1 aliphatic rings. The van der Waals surface area contributed by atoms with Crippen LogP contribution in [-0.2, 0) is 11.2 Å². The van der Waals surface area contributed by atoms with Gasteiger partial charge in [0.05, 0.1) is 17.8 Å². The van der Waals surface area contributed by atoms with Gasteiger partial charge in [-0.25, -0.2) is 0 Å². The maximum Gasteiger partial charge on any atom is 0.236 e. The second kappa shape index (κ2) is 4.14. The highest BCUT2D eigenvalue weighted by atomic mass is 35.5. The third-order valence-electron chi connectivity index (χ3n) is 3.24. The fourth-order valence-electron chi connectivity index (χ4n) is 2.26. The van der Waals surface area contributed by atoms with E-state index in [2.05, 4.69) is 0 Å². The zero-order chi connectivity index (χ0) is 12.7. The topological polar surface area (TPSA) is 20.3 Å². The van der Waals surface area contributed by atoms with Gasteiger partial charge in [-0.3, -0.25) is 9.69 Å². The molecular weight excluding hydrogens is 246 g/mol. The van der Waals surface area contributed by atoms with Crippen LogP contribution in [0.25, 0.3) is 0 Å². The highest BCUT2D eigenvalue weighted by Gasteiger charge is 2.28. The van der Waals surface area contributed by atoms with Crippen LogP contribution in [0.5, 0.6) is 0 Å². The third kappa shape index (κ3) is 1.70. The van der Waals surface area contributed by atoms with E-state index in [0.717, 1.165) is 22.5 Å². The molecule has 2 aromatic carbocycles. The highest BCUT2D eigenvalue weighted by Crippen LogP contribution is 2.36. The number of amides is 1. The predicted molar refractivity (Wildman–Crippen MR) is 73.5 cm³/mol.